The average Bonchev–Trinajstić information content (AvgIpc) is 3.27. The Balaban J connectivity index is 1.71. The van der Waals surface area contributed by atoms with Crippen LogP contribution in [-0.4, -0.2) is 32.8 Å². The van der Waals surface area contributed by atoms with Crippen LogP contribution >= 0.6 is 0 Å². The number of Topliss-reactive ketones (excluding diaryl/α,β-unsaturated/α-hetero) is 1. The van der Waals surface area contributed by atoms with Crippen LogP contribution in [0.2, 0.25) is 0 Å². The van der Waals surface area contributed by atoms with Crippen molar-refractivity contribution >= 4 is 5.78 Å². The number of aliphatic hydroxyl groups is 2. The summed E-state index contributed by atoms with van der Waals surface area (Å²) in [6.45, 7) is 2.11. The molecule has 164 valence electrons. The second-order valence-corrected chi connectivity index (χ2v) is 9.07. The molecule has 3 atom stereocenters. The number of aromatic nitrogens is 2. The zero-order chi connectivity index (χ0) is 22.3. The molecule has 1 saturated carbocycles. The van der Waals surface area contributed by atoms with E-state index in [0.717, 1.165) is 47.2 Å². The second kappa shape index (κ2) is 8.06. The van der Waals surface area contributed by atoms with Crippen LogP contribution in [0.25, 0.3) is 11.3 Å². The number of nitrogens with zero attached hydrogens (tertiary/aromatic N) is 1. The molecule has 3 aromatic rings. The topological polar surface area (TPSA) is 86.2 Å². The number of aliphatic hydroxyl groups excluding tert-OH is 2. The smallest absolute Gasteiger partial charge is 0.165 e. The van der Waals surface area contributed by atoms with E-state index in [4.69, 9.17) is 5.10 Å². The maximum atomic E-state index is 12.9. The number of H-pyrrole nitrogens is 1. The number of hydrogen-bond acceptors (Lipinski definition) is 4. The molecule has 2 aliphatic carbocycles. The van der Waals surface area contributed by atoms with Gasteiger partial charge in [-0.2, -0.15) is 5.10 Å². The summed E-state index contributed by atoms with van der Waals surface area (Å²) in [5, 5.41) is 27.4. The highest BCUT2D eigenvalue weighted by molar-refractivity contribution is 5.98. The number of fused-ring (bicyclic) bond motifs is 3. The van der Waals surface area contributed by atoms with E-state index in [1.165, 1.54) is 5.56 Å². The minimum absolute atomic E-state index is 0.0416. The molecule has 1 fully saturated rings. The summed E-state index contributed by atoms with van der Waals surface area (Å²) < 4.78 is 0. The Morgan fingerprint density at radius 3 is 2.75 bits per heavy atom. The van der Waals surface area contributed by atoms with Crippen molar-refractivity contribution in [3.05, 3.63) is 88.8 Å². The molecule has 0 spiro atoms. The molecule has 0 saturated heterocycles. The summed E-state index contributed by atoms with van der Waals surface area (Å²) in [4.78, 5) is 12.9. The van der Waals surface area contributed by atoms with Gasteiger partial charge in [-0.25, -0.2) is 0 Å². The molecule has 0 radical (unpaired) electrons. The van der Waals surface area contributed by atoms with Crippen molar-refractivity contribution in [2.75, 3.05) is 6.61 Å². The van der Waals surface area contributed by atoms with Crippen LogP contribution in [0, 0.1) is 11.8 Å². The number of carbonyl (C=O) groups excluding carboxylic acids is 1. The maximum absolute atomic E-state index is 12.9. The van der Waals surface area contributed by atoms with Crippen molar-refractivity contribution in [2.45, 2.75) is 38.0 Å². The lowest BCUT2D eigenvalue weighted by atomic mass is 9.52. The van der Waals surface area contributed by atoms with E-state index in [2.05, 4.69) is 29.4 Å². The molecule has 5 rings (SSSR count). The van der Waals surface area contributed by atoms with Crippen LogP contribution in [0.4, 0.5) is 0 Å². The minimum atomic E-state index is -0.464. The first-order chi connectivity index (χ1) is 15.6. The van der Waals surface area contributed by atoms with Gasteiger partial charge in [0.2, 0.25) is 0 Å². The van der Waals surface area contributed by atoms with E-state index in [9.17, 15) is 15.0 Å². The van der Waals surface area contributed by atoms with Gasteiger partial charge in [0.05, 0.1) is 17.6 Å². The first kappa shape index (κ1) is 20.7. The van der Waals surface area contributed by atoms with Crippen molar-refractivity contribution in [3.63, 3.8) is 0 Å². The van der Waals surface area contributed by atoms with Crippen molar-refractivity contribution in [3.8, 4) is 11.3 Å². The molecule has 2 aromatic carbocycles. The quantitative estimate of drug-likeness (QED) is 0.422. The van der Waals surface area contributed by atoms with Crippen LogP contribution in [0.3, 0.4) is 0 Å². The van der Waals surface area contributed by atoms with Crippen molar-refractivity contribution in [2.24, 2.45) is 11.8 Å². The first-order valence-electron chi connectivity index (χ1n) is 11.3. The van der Waals surface area contributed by atoms with Gasteiger partial charge in [-0.3, -0.25) is 9.89 Å². The normalized spacial score (nSPS) is 26.1. The first-order valence-corrected chi connectivity index (χ1v) is 11.3. The highest BCUT2D eigenvalue weighted by Crippen LogP contribution is 2.56. The van der Waals surface area contributed by atoms with Gasteiger partial charge in [0.15, 0.2) is 5.78 Å². The number of hydrogen-bond donors (Lipinski definition) is 3. The predicted octanol–water partition coefficient (Wildman–Crippen LogP) is 4.51. The summed E-state index contributed by atoms with van der Waals surface area (Å²) in [7, 11) is 0. The summed E-state index contributed by atoms with van der Waals surface area (Å²) in [6.07, 6.45) is 3.80. The Bertz CT molecular complexity index is 1180. The lowest BCUT2D eigenvalue weighted by molar-refractivity contribution is -0.123. The number of aromatic amines is 1. The Hall–Kier alpha value is -3.18. The third kappa shape index (κ3) is 3.03. The highest BCUT2D eigenvalue weighted by Gasteiger charge is 2.55. The SMILES string of the molecule is C[C@@H]1C(=O)C(=CO)C[C@]2(c3ccccc3)c3n[nH]c(-c4cccc(CCO)c4)c3CC[C@@H]12. The van der Waals surface area contributed by atoms with E-state index in [0.29, 0.717) is 18.4 Å². The molecular formula is C27H28N2O3. The van der Waals surface area contributed by atoms with Crippen LogP contribution in [0.15, 0.2) is 66.4 Å². The molecule has 0 aliphatic heterocycles. The van der Waals surface area contributed by atoms with Gasteiger partial charge in [0.1, 0.15) is 0 Å². The van der Waals surface area contributed by atoms with Gasteiger partial charge in [-0.1, -0.05) is 55.5 Å². The van der Waals surface area contributed by atoms with Crippen molar-refractivity contribution < 1.29 is 15.0 Å². The van der Waals surface area contributed by atoms with Crippen LogP contribution < -0.4 is 0 Å². The van der Waals surface area contributed by atoms with E-state index in [1.54, 1.807) is 0 Å². The fourth-order valence-electron chi connectivity index (χ4n) is 6.00. The van der Waals surface area contributed by atoms with Crippen molar-refractivity contribution in [1.29, 1.82) is 0 Å². The second-order valence-electron chi connectivity index (χ2n) is 9.07. The Labute approximate surface area is 187 Å². The fraction of sp³-hybridized carbons (Fsp3) is 0.333. The predicted molar refractivity (Wildman–Crippen MR) is 123 cm³/mol. The Morgan fingerprint density at radius 2 is 2.00 bits per heavy atom. The largest absolute Gasteiger partial charge is 0.515 e. The van der Waals surface area contributed by atoms with Gasteiger partial charge in [0, 0.05) is 34.6 Å². The molecule has 5 nitrogen and oxygen atoms in total. The summed E-state index contributed by atoms with van der Waals surface area (Å²) in [5.41, 5.74) is 6.47. The molecule has 3 N–H and O–H groups in total. The molecule has 2 aliphatic rings. The zero-order valence-corrected chi connectivity index (χ0v) is 18.2. The van der Waals surface area contributed by atoms with E-state index < -0.39 is 5.41 Å². The number of allylic oxidation sites excluding steroid dienone is 1. The van der Waals surface area contributed by atoms with Gasteiger partial charge >= 0.3 is 0 Å². The molecule has 0 bridgehead atoms. The average molecular weight is 429 g/mol. The van der Waals surface area contributed by atoms with Gasteiger partial charge in [0.25, 0.3) is 0 Å². The van der Waals surface area contributed by atoms with Gasteiger partial charge in [-0.05, 0) is 48.8 Å². The van der Waals surface area contributed by atoms with E-state index in [-0.39, 0.29) is 24.2 Å². The Kier molecular flexibility index (Phi) is 5.22. The number of nitrogens with one attached hydrogen (secondary N) is 1. The summed E-state index contributed by atoms with van der Waals surface area (Å²) in [6, 6.07) is 18.5. The van der Waals surface area contributed by atoms with Gasteiger partial charge < -0.3 is 10.2 Å². The third-order valence-corrected chi connectivity index (χ3v) is 7.49. The fourth-order valence-corrected chi connectivity index (χ4v) is 6.00. The minimum Gasteiger partial charge on any atom is -0.515 e. The highest BCUT2D eigenvalue weighted by atomic mass is 16.3. The maximum Gasteiger partial charge on any atom is 0.165 e. The standard InChI is InChI=1S/C27H28N2O3/c1-17-23-11-10-22-24(19-7-5-6-18(14-19)12-13-30)28-29-26(22)27(23,15-20(16-31)25(17)32)21-8-3-2-4-9-21/h2-9,14,16-17,23,30-31H,10-13,15H2,1H3,(H,28,29)/t17-,23-,27+/m0/s1. The number of ketones is 1. The summed E-state index contributed by atoms with van der Waals surface area (Å²) in [5.74, 6) is -0.0334. The van der Waals surface area contributed by atoms with E-state index in [1.807, 2.05) is 37.3 Å². The van der Waals surface area contributed by atoms with Crippen LogP contribution in [-0.2, 0) is 23.1 Å². The number of benzene rings is 2. The molecule has 0 amide bonds. The lowest BCUT2D eigenvalue weighted by Crippen LogP contribution is -2.50. The molecule has 1 aromatic heterocycles. The zero-order valence-electron chi connectivity index (χ0n) is 18.2. The van der Waals surface area contributed by atoms with Crippen molar-refractivity contribution in [1.82, 2.24) is 10.2 Å². The third-order valence-electron chi connectivity index (χ3n) is 7.49. The molecule has 5 heteroatoms. The molecule has 1 heterocycles. The molecular weight excluding hydrogens is 400 g/mol. The van der Waals surface area contributed by atoms with Crippen LogP contribution in [0.1, 0.15) is 42.1 Å². The molecule has 32 heavy (non-hydrogen) atoms. The Morgan fingerprint density at radius 1 is 1.19 bits per heavy atom. The number of carbonyl (C=O) groups is 1. The monoisotopic (exact) mass is 428 g/mol. The van der Waals surface area contributed by atoms with E-state index >= 15 is 0 Å². The summed E-state index contributed by atoms with van der Waals surface area (Å²) >= 11 is 0. The van der Waals surface area contributed by atoms with Gasteiger partial charge in [-0.15, -0.1) is 0 Å². The number of rotatable bonds is 4. The lowest BCUT2D eigenvalue weighted by Gasteiger charge is -2.49. The van der Waals surface area contributed by atoms with Crippen LogP contribution in [0.5, 0.6) is 0 Å². The molecule has 0 unspecified atom stereocenters.